The fourth-order valence-electron chi connectivity index (χ4n) is 1.95. The number of alkyl halides is 2. The minimum Gasteiger partial charge on any atom is -0.381 e. The summed E-state index contributed by atoms with van der Waals surface area (Å²) in [6.07, 6.45) is 4.48. The van der Waals surface area contributed by atoms with Crippen LogP contribution in [0.2, 0.25) is 0 Å². The van der Waals surface area contributed by atoms with Crippen LogP contribution in [-0.4, -0.2) is 28.3 Å². The Bertz CT molecular complexity index is 361. The number of rotatable bonds is 4. The molecule has 17 heavy (non-hydrogen) atoms. The van der Waals surface area contributed by atoms with Crippen molar-refractivity contribution in [3.8, 4) is 0 Å². The number of nitrogens with zero attached hydrogens (tertiary/aromatic N) is 2. The highest BCUT2D eigenvalue weighted by molar-refractivity contribution is 4.95. The Balaban J connectivity index is 1.94. The van der Waals surface area contributed by atoms with Crippen molar-refractivity contribution in [1.82, 2.24) is 14.9 Å². The van der Waals surface area contributed by atoms with E-state index in [0.717, 1.165) is 17.4 Å². The van der Waals surface area contributed by atoms with E-state index in [4.69, 9.17) is 4.74 Å². The van der Waals surface area contributed by atoms with E-state index in [1.807, 2.05) is 0 Å². The van der Waals surface area contributed by atoms with E-state index < -0.39 is 6.55 Å². The van der Waals surface area contributed by atoms with E-state index in [0.29, 0.717) is 25.6 Å². The van der Waals surface area contributed by atoms with Gasteiger partial charge in [0.2, 0.25) is 0 Å². The van der Waals surface area contributed by atoms with Crippen molar-refractivity contribution in [2.45, 2.75) is 38.4 Å². The number of ether oxygens (including phenoxy) is 1. The van der Waals surface area contributed by atoms with Crippen LogP contribution in [-0.2, 0) is 11.3 Å². The van der Waals surface area contributed by atoms with Crippen LogP contribution in [0, 0.1) is 0 Å². The zero-order chi connectivity index (χ0) is 12.3. The quantitative estimate of drug-likeness (QED) is 0.881. The highest BCUT2D eigenvalue weighted by atomic mass is 19.3. The Morgan fingerprint density at radius 2 is 2.24 bits per heavy atom. The normalized spacial score (nSPS) is 19.8. The van der Waals surface area contributed by atoms with E-state index in [-0.39, 0.29) is 5.54 Å². The maximum Gasteiger partial charge on any atom is 0.319 e. The van der Waals surface area contributed by atoms with Crippen LogP contribution in [0.4, 0.5) is 8.78 Å². The summed E-state index contributed by atoms with van der Waals surface area (Å²) < 4.78 is 31.4. The van der Waals surface area contributed by atoms with Gasteiger partial charge in [0.15, 0.2) is 0 Å². The van der Waals surface area contributed by atoms with Crippen LogP contribution < -0.4 is 5.32 Å². The average molecular weight is 245 g/mol. The molecule has 6 heteroatoms. The second kappa shape index (κ2) is 5.10. The summed E-state index contributed by atoms with van der Waals surface area (Å²) >= 11 is 0. The SMILES string of the molecule is CC1(NCc2nccn2C(F)F)CCOCC1. The van der Waals surface area contributed by atoms with Gasteiger partial charge >= 0.3 is 6.55 Å². The minimum atomic E-state index is -2.53. The number of nitrogens with one attached hydrogen (secondary N) is 1. The molecule has 1 fully saturated rings. The smallest absolute Gasteiger partial charge is 0.319 e. The van der Waals surface area contributed by atoms with E-state index in [1.165, 1.54) is 12.4 Å². The lowest BCUT2D eigenvalue weighted by molar-refractivity contribution is 0.0418. The highest BCUT2D eigenvalue weighted by Crippen LogP contribution is 2.20. The maximum atomic E-state index is 12.6. The lowest BCUT2D eigenvalue weighted by Gasteiger charge is -2.34. The lowest BCUT2D eigenvalue weighted by Crippen LogP contribution is -2.46. The third-order valence-corrected chi connectivity index (χ3v) is 3.23. The van der Waals surface area contributed by atoms with Crippen LogP contribution in [0.1, 0.15) is 32.1 Å². The predicted octanol–water partition coefficient (Wildman–Crippen LogP) is 1.94. The van der Waals surface area contributed by atoms with Gasteiger partial charge in [-0.25, -0.2) is 4.98 Å². The van der Waals surface area contributed by atoms with Crippen molar-refractivity contribution in [3.63, 3.8) is 0 Å². The molecule has 0 aromatic carbocycles. The molecular formula is C11H17F2N3O. The molecule has 2 rings (SSSR count). The standard InChI is InChI=1S/C11H17F2N3O/c1-11(2-6-17-7-3-11)15-8-9-14-4-5-16(9)10(12)13/h4-5,10,15H,2-3,6-8H2,1H3. The molecule has 96 valence electrons. The van der Waals surface area contributed by atoms with Crippen molar-refractivity contribution >= 4 is 0 Å². The van der Waals surface area contributed by atoms with Crippen LogP contribution in [0.5, 0.6) is 0 Å². The lowest BCUT2D eigenvalue weighted by atomic mass is 9.92. The van der Waals surface area contributed by atoms with Crippen LogP contribution in [0.25, 0.3) is 0 Å². The molecule has 1 saturated heterocycles. The molecule has 0 atom stereocenters. The first-order valence-electron chi connectivity index (χ1n) is 5.73. The molecular weight excluding hydrogens is 228 g/mol. The second-order valence-electron chi connectivity index (χ2n) is 4.55. The summed E-state index contributed by atoms with van der Waals surface area (Å²) in [6, 6.07) is 0. The number of imidazole rings is 1. The first-order valence-corrected chi connectivity index (χ1v) is 5.73. The molecule has 4 nitrogen and oxygen atoms in total. The number of aromatic nitrogens is 2. The Kier molecular flexibility index (Phi) is 3.73. The largest absolute Gasteiger partial charge is 0.381 e. The topological polar surface area (TPSA) is 39.1 Å². The van der Waals surface area contributed by atoms with Gasteiger partial charge in [0, 0.05) is 31.1 Å². The van der Waals surface area contributed by atoms with E-state index >= 15 is 0 Å². The number of halogens is 2. The fourth-order valence-corrected chi connectivity index (χ4v) is 1.95. The van der Waals surface area contributed by atoms with Gasteiger partial charge < -0.3 is 10.1 Å². The van der Waals surface area contributed by atoms with Crippen LogP contribution in [0.3, 0.4) is 0 Å². The third kappa shape index (κ3) is 3.01. The summed E-state index contributed by atoms with van der Waals surface area (Å²) in [4.78, 5) is 3.94. The summed E-state index contributed by atoms with van der Waals surface area (Å²) in [5.74, 6) is 0.368. The molecule has 0 bridgehead atoms. The van der Waals surface area contributed by atoms with Crippen molar-refractivity contribution in [3.05, 3.63) is 18.2 Å². The zero-order valence-corrected chi connectivity index (χ0v) is 9.83. The van der Waals surface area contributed by atoms with Gasteiger partial charge in [0.1, 0.15) is 5.82 Å². The van der Waals surface area contributed by atoms with E-state index in [2.05, 4.69) is 17.2 Å². The zero-order valence-electron chi connectivity index (χ0n) is 9.83. The molecule has 1 aromatic rings. The molecule has 0 radical (unpaired) electrons. The Labute approximate surface area is 99.0 Å². The van der Waals surface area contributed by atoms with Gasteiger partial charge in [0.05, 0.1) is 6.54 Å². The van der Waals surface area contributed by atoms with Gasteiger partial charge in [-0.05, 0) is 19.8 Å². The highest BCUT2D eigenvalue weighted by Gasteiger charge is 2.27. The summed E-state index contributed by atoms with van der Waals surface area (Å²) in [7, 11) is 0. The summed E-state index contributed by atoms with van der Waals surface area (Å²) in [5.41, 5.74) is -0.0445. The molecule has 1 aromatic heterocycles. The second-order valence-corrected chi connectivity index (χ2v) is 4.55. The molecule has 0 spiro atoms. The molecule has 0 amide bonds. The molecule has 2 heterocycles. The van der Waals surface area contributed by atoms with Gasteiger partial charge in [-0.3, -0.25) is 4.57 Å². The van der Waals surface area contributed by atoms with Crippen LogP contribution in [0.15, 0.2) is 12.4 Å². The van der Waals surface area contributed by atoms with E-state index in [9.17, 15) is 8.78 Å². The molecule has 1 N–H and O–H groups in total. The Morgan fingerprint density at radius 1 is 1.53 bits per heavy atom. The van der Waals surface area contributed by atoms with Crippen molar-refractivity contribution in [2.75, 3.05) is 13.2 Å². The fraction of sp³-hybridized carbons (Fsp3) is 0.727. The van der Waals surface area contributed by atoms with Gasteiger partial charge in [-0.15, -0.1) is 0 Å². The number of hydrogen-bond acceptors (Lipinski definition) is 3. The first-order chi connectivity index (χ1) is 8.11. The molecule has 0 saturated carbocycles. The van der Waals surface area contributed by atoms with Crippen LogP contribution >= 0.6 is 0 Å². The van der Waals surface area contributed by atoms with Crippen molar-refractivity contribution in [2.24, 2.45) is 0 Å². The average Bonchev–Trinajstić information content (AvgIpc) is 2.76. The number of hydrogen-bond donors (Lipinski definition) is 1. The summed E-state index contributed by atoms with van der Waals surface area (Å²) in [5, 5.41) is 3.30. The molecule has 1 aliphatic rings. The Hall–Kier alpha value is -1.01. The monoisotopic (exact) mass is 245 g/mol. The third-order valence-electron chi connectivity index (χ3n) is 3.23. The van der Waals surface area contributed by atoms with E-state index in [1.54, 1.807) is 0 Å². The summed E-state index contributed by atoms with van der Waals surface area (Å²) in [6.45, 7) is 1.34. The first kappa shape index (κ1) is 12.4. The van der Waals surface area contributed by atoms with Crippen molar-refractivity contribution < 1.29 is 13.5 Å². The van der Waals surface area contributed by atoms with Gasteiger partial charge in [-0.1, -0.05) is 0 Å². The van der Waals surface area contributed by atoms with Gasteiger partial charge in [0.25, 0.3) is 0 Å². The molecule has 0 aliphatic carbocycles. The minimum absolute atomic E-state index is 0.0445. The van der Waals surface area contributed by atoms with Crippen molar-refractivity contribution in [1.29, 1.82) is 0 Å². The molecule has 0 unspecified atom stereocenters. The Morgan fingerprint density at radius 3 is 2.88 bits per heavy atom. The predicted molar refractivity (Wildman–Crippen MR) is 58.8 cm³/mol. The van der Waals surface area contributed by atoms with Gasteiger partial charge in [-0.2, -0.15) is 8.78 Å². The maximum absolute atomic E-state index is 12.6. The molecule has 1 aliphatic heterocycles.